The minimum absolute atomic E-state index is 0.00527. The zero-order valence-corrected chi connectivity index (χ0v) is 12.2. The zero-order valence-electron chi connectivity index (χ0n) is 10.6. The Morgan fingerprint density at radius 3 is 2.90 bits per heavy atom. The third-order valence-electron chi connectivity index (χ3n) is 2.72. The zero-order chi connectivity index (χ0) is 14.7. The highest BCUT2D eigenvalue weighted by atomic mass is 79.9. The van der Waals surface area contributed by atoms with Crippen molar-refractivity contribution in [2.75, 3.05) is 12.4 Å². The van der Waals surface area contributed by atoms with E-state index in [0.717, 1.165) is 5.56 Å². The highest BCUT2D eigenvalue weighted by Gasteiger charge is 2.19. The molecule has 0 saturated heterocycles. The summed E-state index contributed by atoms with van der Waals surface area (Å²) in [6.07, 6.45) is 0.414. The average Bonchev–Trinajstić information content (AvgIpc) is 2.42. The van der Waals surface area contributed by atoms with E-state index < -0.39 is 18.6 Å². The summed E-state index contributed by atoms with van der Waals surface area (Å²) in [5.74, 6) is -0.410. The number of alkyl halides is 1. The summed E-state index contributed by atoms with van der Waals surface area (Å²) in [4.78, 5) is 7.83. The number of anilines is 1. The molecule has 2 N–H and O–H groups in total. The average molecular weight is 344 g/mol. The lowest BCUT2D eigenvalue weighted by atomic mass is 10.0. The van der Waals surface area contributed by atoms with Crippen LogP contribution in [0.2, 0.25) is 0 Å². The number of benzene rings is 1. The van der Waals surface area contributed by atoms with Crippen LogP contribution in [-0.2, 0) is 0 Å². The van der Waals surface area contributed by atoms with Crippen molar-refractivity contribution in [2.24, 2.45) is 0 Å². The van der Waals surface area contributed by atoms with E-state index in [2.05, 4.69) is 25.9 Å². The first-order valence-electron chi connectivity index (χ1n) is 5.78. The first kappa shape index (κ1) is 14.6. The summed E-state index contributed by atoms with van der Waals surface area (Å²) in [7, 11) is 0. The van der Waals surface area contributed by atoms with Gasteiger partial charge in [0.15, 0.2) is 11.9 Å². The number of hydrogen-bond acceptors (Lipinski definition) is 4. The number of aromatic nitrogens is 2. The van der Waals surface area contributed by atoms with Gasteiger partial charge >= 0.3 is 0 Å². The van der Waals surface area contributed by atoms with Gasteiger partial charge in [0.25, 0.3) is 5.88 Å². The second-order valence-corrected chi connectivity index (χ2v) is 4.96. The molecule has 0 bridgehead atoms. The number of aryl methyl sites for hydroxylation is 1. The Balaban J connectivity index is 2.33. The Kier molecular flexibility index (Phi) is 4.49. The second-order valence-electron chi connectivity index (χ2n) is 4.14. The summed E-state index contributed by atoms with van der Waals surface area (Å²) < 4.78 is 32.4. The summed E-state index contributed by atoms with van der Waals surface area (Å²) in [6.45, 7) is 0.911. The fraction of sp³-hybridized carbons (Fsp3) is 0.231. The van der Waals surface area contributed by atoms with Crippen LogP contribution in [0.25, 0.3) is 0 Å². The molecule has 1 heterocycles. The quantitative estimate of drug-likeness (QED) is 0.924. The van der Waals surface area contributed by atoms with E-state index in [1.54, 1.807) is 13.0 Å². The van der Waals surface area contributed by atoms with Gasteiger partial charge in [0.2, 0.25) is 0 Å². The minimum Gasteiger partial charge on any atom is -0.464 e. The molecule has 0 aliphatic carbocycles. The molecular weight excluding hydrogens is 332 g/mol. The largest absolute Gasteiger partial charge is 0.464 e. The molecule has 2 aromatic rings. The highest BCUT2D eigenvalue weighted by Crippen LogP contribution is 2.28. The lowest BCUT2D eigenvalue weighted by Gasteiger charge is -2.18. The van der Waals surface area contributed by atoms with Gasteiger partial charge in [0.1, 0.15) is 17.1 Å². The van der Waals surface area contributed by atoms with E-state index in [0.29, 0.717) is 10.2 Å². The van der Waals surface area contributed by atoms with Gasteiger partial charge in [-0.2, -0.15) is 0 Å². The monoisotopic (exact) mass is 343 g/mol. The topological polar surface area (TPSA) is 61.0 Å². The molecule has 0 fully saturated rings. The van der Waals surface area contributed by atoms with Crippen LogP contribution >= 0.6 is 15.9 Å². The molecule has 4 nitrogen and oxygen atoms in total. The molecule has 0 saturated carbocycles. The van der Waals surface area contributed by atoms with E-state index in [4.69, 9.17) is 10.5 Å². The Bertz CT molecular complexity index is 625. The number of nitrogens with two attached hydrogens (primary N) is 1. The lowest BCUT2D eigenvalue weighted by Crippen LogP contribution is -2.14. The van der Waals surface area contributed by atoms with E-state index in [9.17, 15) is 8.78 Å². The summed E-state index contributed by atoms with van der Waals surface area (Å²) in [5.41, 5.74) is 6.75. The van der Waals surface area contributed by atoms with Gasteiger partial charge in [-0.05, 0) is 40.5 Å². The van der Waals surface area contributed by atoms with Crippen molar-refractivity contribution < 1.29 is 13.5 Å². The Morgan fingerprint density at radius 2 is 2.20 bits per heavy atom. The molecular formula is C13H12BrF2N3O. The predicted molar refractivity (Wildman–Crippen MR) is 74.6 cm³/mol. The van der Waals surface area contributed by atoms with Gasteiger partial charge < -0.3 is 10.5 Å². The van der Waals surface area contributed by atoms with Crippen molar-refractivity contribution in [2.45, 2.75) is 13.0 Å². The normalized spacial score (nSPS) is 12.2. The third-order valence-corrected chi connectivity index (χ3v) is 3.10. The van der Waals surface area contributed by atoms with Gasteiger partial charge in [-0.15, -0.1) is 0 Å². The standard InChI is InChI=1S/C13H12BrF2N3O/c1-7-2-3-8(16)4-9(7)10(5-15)20-13-12(17)18-6-11(14)19-13/h2-4,6,10H,5H2,1H3,(H2,17,18). The molecule has 1 aromatic heterocycles. The summed E-state index contributed by atoms with van der Waals surface area (Å²) in [6, 6.07) is 4.11. The number of hydrogen-bond donors (Lipinski definition) is 1. The summed E-state index contributed by atoms with van der Waals surface area (Å²) >= 11 is 3.13. The van der Waals surface area contributed by atoms with Crippen LogP contribution < -0.4 is 10.5 Å². The minimum atomic E-state index is -0.989. The fourth-order valence-corrected chi connectivity index (χ4v) is 1.98. The second kappa shape index (κ2) is 6.13. The van der Waals surface area contributed by atoms with E-state index in [1.807, 2.05) is 0 Å². The van der Waals surface area contributed by atoms with Gasteiger partial charge in [-0.1, -0.05) is 6.07 Å². The summed E-state index contributed by atoms with van der Waals surface area (Å²) in [5, 5.41) is 0. The van der Waals surface area contributed by atoms with E-state index >= 15 is 0 Å². The number of nitrogen functional groups attached to an aromatic ring is 1. The maximum absolute atomic E-state index is 13.3. The molecule has 106 valence electrons. The SMILES string of the molecule is Cc1ccc(F)cc1C(CF)Oc1nc(Br)cnc1N. The first-order valence-corrected chi connectivity index (χ1v) is 6.57. The number of nitrogens with zero attached hydrogens (tertiary/aromatic N) is 2. The van der Waals surface area contributed by atoms with Crippen LogP contribution in [0, 0.1) is 12.7 Å². The van der Waals surface area contributed by atoms with Crippen molar-refractivity contribution in [1.29, 1.82) is 0 Å². The maximum Gasteiger partial charge on any atom is 0.259 e. The van der Waals surface area contributed by atoms with Crippen LogP contribution in [0.5, 0.6) is 5.88 Å². The van der Waals surface area contributed by atoms with Crippen LogP contribution in [0.4, 0.5) is 14.6 Å². The highest BCUT2D eigenvalue weighted by molar-refractivity contribution is 9.10. The smallest absolute Gasteiger partial charge is 0.259 e. The van der Waals surface area contributed by atoms with Gasteiger partial charge in [0.05, 0.1) is 6.20 Å². The molecule has 0 spiro atoms. The molecule has 1 atom stereocenters. The van der Waals surface area contributed by atoms with Crippen LogP contribution in [0.1, 0.15) is 17.2 Å². The van der Waals surface area contributed by atoms with Crippen molar-refractivity contribution >= 4 is 21.7 Å². The molecule has 1 unspecified atom stereocenters. The number of halogens is 3. The predicted octanol–water partition coefficient (Wildman–Crippen LogP) is 3.36. The van der Waals surface area contributed by atoms with Crippen molar-refractivity contribution in [1.82, 2.24) is 9.97 Å². The molecule has 0 aliphatic heterocycles. The Morgan fingerprint density at radius 1 is 1.45 bits per heavy atom. The van der Waals surface area contributed by atoms with Crippen LogP contribution in [-0.4, -0.2) is 16.6 Å². The number of ether oxygens (including phenoxy) is 1. The molecule has 20 heavy (non-hydrogen) atoms. The van der Waals surface area contributed by atoms with Crippen molar-refractivity contribution in [3.05, 3.63) is 45.9 Å². The Labute approximate surface area is 123 Å². The third kappa shape index (κ3) is 3.22. The van der Waals surface area contributed by atoms with E-state index in [-0.39, 0.29) is 11.7 Å². The maximum atomic E-state index is 13.3. The lowest BCUT2D eigenvalue weighted by molar-refractivity contribution is 0.159. The van der Waals surface area contributed by atoms with Crippen molar-refractivity contribution in [3.63, 3.8) is 0 Å². The Hall–Kier alpha value is -1.76. The molecule has 1 aromatic carbocycles. The van der Waals surface area contributed by atoms with E-state index in [1.165, 1.54) is 18.3 Å². The van der Waals surface area contributed by atoms with Gasteiger partial charge in [-0.3, -0.25) is 0 Å². The molecule has 0 amide bonds. The fourth-order valence-electron chi connectivity index (χ4n) is 1.72. The van der Waals surface area contributed by atoms with Gasteiger partial charge in [0, 0.05) is 5.56 Å². The van der Waals surface area contributed by atoms with Gasteiger partial charge in [-0.25, -0.2) is 18.7 Å². The van der Waals surface area contributed by atoms with Crippen LogP contribution in [0.15, 0.2) is 29.0 Å². The number of rotatable bonds is 4. The molecule has 2 rings (SSSR count). The van der Waals surface area contributed by atoms with Crippen LogP contribution in [0.3, 0.4) is 0 Å². The molecule has 7 heteroatoms. The van der Waals surface area contributed by atoms with Crippen molar-refractivity contribution in [3.8, 4) is 5.88 Å². The molecule has 0 aliphatic rings. The first-order chi connectivity index (χ1) is 9.51. The molecule has 0 radical (unpaired) electrons.